The second-order valence-corrected chi connectivity index (χ2v) is 6.88. The molecule has 10 heteroatoms. The molecule has 0 aliphatic carbocycles. The van der Waals surface area contributed by atoms with E-state index in [0.29, 0.717) is 25.7 Å². The van der Waals surface area contributed by atoms with Crippen molar-refractivity contribution in [1.29, 1.82) is 0 Å². The highest BCUT2D eigenvalue weighted by Crippen LogP contribution is 2.25. The van der Waals surface area contributed by atoms with Gasteiger partial charge in [0.2, 0.25) is 0 Å². The van der Waals surface area contributed by atoms with E-state index in [1.165, 1.54) is 4.57 Å². The number of nitrogen functional groups attached to an aromatic ring is 1. The minimum absolute atomic E-state index is 0.0186. The van der Waals surface area contributed by atoms with E-state index < -0.39 is 11.5 Å². The smallest absolute Gasteiger partial charge is 0.267 e. The lowest BCUT2D eigenvalue weighted by molar-refractivity contribution is 0.0875. The fourth-order valence-electron chi connectivity index (χ4n) is 2.36. The first kappa shape index (κ1) is 16.7. The van der Waals surface area contributed by atoms with E-state index >= 15 is 0 Å². The molecule has 1 aromatic carbocycles. The van der Waals surface area contributed by atoms with E-state index in [2.05, 4.69) is 41.9 Å². The SMILES string of the molecule is Cc1nc2c(Br)cc(Br)cc2c(=O)n1CC(=O)n1[nH]c(=O)cc1N. The zero-order valence-corrected chi connectivity index (χ0v) is 15.5. The van der Waals surface area contributed by atoms with Crippen LogP contribution in [-0.4, -0.2) is 25.2 Å². The van der Waals surface area contributed by atoms with E-state index in [1.54, 1.807) is 19.1 Å². The summed E-state index contributed by atoms with van der Waals surface area (Å²) in [4.78, 5) is 40.7. The Hall–Kier alpha value is -2.20. The highest BCUT2D eigenvalue weighted by molar-refractivity contribution is 9.11. The molecular weight excluding hydrogens is 446 g/mol. The molecule has 0 fully saturated rings. The number of carbonyl (C=O) groups is 1. The number of nitrogens with two attached hydrogens (primary N) is 1. The summed E-state index contributed by atoms with van der Waals surface area (Å²) >= 11 is 6.70. The monoisotopic (exact) mass is 455 g/mol. The maximum Gasteiger partial charge on any atom is 0.267 e. The van der Waals surface area contributed by atoms with Crippen molar-refractivity contribution in [3.8, 4) is 0 Å². The van der Waals surface area contributed by atoms with Gasteiger partial charge in [-0.05, 0) is 35.0 Å². The molecule has 0 spiro atoms. The number of hydrogen-bond acceptors (Lipinski definition) is 5. The van der Waals surface area contributed by atoms with Gasteiger partial charge in [-0.3, -0.25) is 24.0 Å². The largest absolute Gasteiger partial charge is 0.383 e. The lowest BCUT2D eigenvalue weighted by Crippen LogP contribution is -2.31. The van der Waals surface area contributed by atoms with Gasteiger partial charge in [0.25, 0.3) is 17.0 Å². The fourth-order valence-corrected chi connectivity index (χ4v) is 3.68. The van der Waals surface area contributed by atoms with Crippen LogP contribution < -0.4 is 16.9 Å². The van der Waals surface area contributed by atoms with Crippen molar-refractivity contribution in [2.75, 3.05) is 5.73 Å². The Labute approximate surface area is 151 Å². The zero-order chi connectivity index (χ0) is 17.6. The Bertz CT molecular complexity index is 1100. The number of benzene rings is 1. The van der Waals surface area contributed by atoms with Crippen molar-refractivity contribution in [2.45, 2.75) is 13.5 Å². The summed E-state index contributed by atoms with van der Waals surface area (Å²) in [6.45, 7) is 1.33. The van der Waals surface area contributed by atoms with Crippen LogP contribution in [0.3, 0.4) is 0 Å². The third kappa shape index (κ3) is 2.82. The standard InChI is InChI=1S/C14H11Br2N5O3/c1-6-18-13-8(2-7(15)3-9(13)16)14(24)20(6)5-12(23)21-10(17)4-11(22)19-21/h2-4H,5,17H2,1H3,(H,19,22). The fraction of sp³-hybridized carbons (Fsp3) is 0.143. The van der Waals surface area contributed by atoms with Gasteiger partial charge in [0, 0.05) is 15.0 Å². The van der Waals surface area contributed by atoms with Crippen LogP contribution in [0.1, 0.15) is 10.6 Å². The normalized spacial score (nSPS) is 11.1. The number of anilines is 1. The van der Waals surface area contributed by atoms with Crippen LogP contribution in [0.4, 0.5) is 5.82 Å². The number of fused-ring (bicyclic) bond motifs is 1. The number of halogens is 2. The molecule has 0 saturated heterocycles. The van der Waals surface area contributed by atoms with Gasteiger partial charge in [-0.1, -0.05) is 15.9 Å². The molecule has 3 N–H and O–H groups in total. The van der Waals surface area contributed by atoms with Crippen molar-refractivity contribution in [2.24, 2.45) is 0 Å². The van der Waals surface area contributed by atoms with E-state index in [-0.39, 0.29) is 17.9 Å². The Morgan fingerprint density at radius 2 is 2.00 bits per heavy atom. The molecule has 2 aromatic heterocycles. The van der Waals surface area contributed by atoms with Crippen LogP contribution in [0, 0.1) is 6.92 Å². The van der Waals surface area contributed by atoms with E-state index in [1.807, 2.05) is 0 Å². The van der Waals surface area contributed by atoms with Crippen LogP contribution in [-0.2, 0) is 6.54 Å². The molecule has 0 saturated carbocycles. The molecule has 0 amide bonds. The molecule has 0 aliphatic rings. The van der Waals surface area contributed by atoms with E-state index in [9.17, 15) is 14.4 Å². The summed E-state index contributed by atoms with van der Waals surface area (Å²) in [5, 5.41) is 2.66. The number of carbonyl (C=O) groups excluding carboxylic acids is 1. The number of nitrogens with zero attached hydrogens (tertiary/aromatic N) is 3. The van der Waals surface area contributed by atoms with Gasteiger partial charge < -0.3 is 5.73 Å². The molecule has 3 aromatic rings. The number of aromatic nitrogens is 4. The maximum atomic E-state index is 12.7. The van der Waals surface area contributed by atoms with Gasteiger partial charge in [0.1, 0.15) is 18.2 Å². The summed E-state index contributed by atoms with van der Waals surface area (Å²) in [7, 11) is 0. The van der Waals surface area contributed by atoms with Crippen LogP contribution in [0.5, 0.6) is 0 Å². The molecule has 24 heavy (non-hydrogen) atoms. The highest BCUT2D eigenvalue weighted by atomic mass is 79.9. The highest BCUT2D eigenvalue weighted by Gasteiger charge is 2.16. The Morgan fingerprint density at radius 1 is 1.29 bits per heavy atom. The Morgan fingerprint density at radius 3 is 2.62 bits per heavy atom. The molecule has 0 bridgehead atoms. The quantitative estimate of drug-likeness (QED) is 0.608. The number of rotatable bonds is 2. The van der Waals surface area contributed by atoms with Crippen LogP contribution >= 0.6 is 31.9 Å². The minimum Gasteiger partial charge on any atom is -0.383 e. The van der Waals surface area contributed by atoms with Crippen LogP contribution in [0.15, 0.2) is 36.7 Å². The van der Waals surface area contributed by atoms with Gasteiger partial charge in [-0.15, -0.1) is 0 Å². The maximum absolute atomic E-state index is 12.7. The van der Waals surface area contributed by atoms with Gasteiger partial charge in [0.15, 0.2) is 0 Å². The summed E-state index contributed by atoms with van der Waals surface area (Å²) in [6, 6.07) is 4.52. The van der Waals surface area contributed by atoms with Crippen molar-refractivity contribution >= 4 is 54.5 Å². The summed E-state index contributed by atoms with van der Waals surface area (Å²) in [5.74, 6) is -0.193. The number of hydrogen-bond donors (Lipinski definition) is 2. The first-order valence-electron chi connectivity index (χ1n) is 6.75. The summed E-state index contributed by atoms with van der Waals surface area (Å²) in [5.41, 5.74) is 5.26. The number of aryl methyl sites for hydroxylation is 1. The third-order valence-electron chi connectivity index (χ3n) is 3.47. The lowest BCUT2D eigenvalue weighted by atomic mass is 10.2. The third-order valence-corrected chi connectivity index (χ3v) is 4.53. The first-order valence-corrected chi connectivity index (χ1v) is 8.33. The number of aromatic amines is 1. The molecular formula is C14H11Br2N5O3. The van der Waals surface area contributed by atoms with Gasteiger partial charge in [-0.25, -0.2) is 9.67 Å². The average molecular weight is 457 g/mol. The molecule has 0 aliphatic heterocycles. The van der Waals surface area contributed by atoms with Crippen molar-refractivity contribution in [3.05, 3.63) is 53.7 Å². The molecule has 0 radical (unpaired) electrons. The second-order valence-electron chi connectivity index (χ2n) is 5.11. The number of nitrogens with one attached hydrogen (secondary N) is 1. The molecule has 8 nitrogen and oxygen atoms in total. The molecule has 2 heterocycles. The van der Waals surface area contributed by atoms with E-state index in [0.717, 1.165) is 10.7 Å². The predicted molar refractivity (Wildman–Crippen MR) is 96.2 cm³/mol. The summed E-state index contributed by atoms with van der Waals surface area (Å²) in [6.07, 6.45) is 0. The lowest BCUT2D eigenvalue weighted by Gasteiger charge is -2.12. The van der Waals surface area contributed by atoms with Crippen molar-refractivity contribution < 1.29 is 4.79 Å². The number of H-pyrrole nitrogens is 1. The van der Waals surface area contributed by atoms with E-state index in [4.69, 9.17) is 5.73 Å². The van der Waals surface area contributed by atoms with Crippen molar-refractivity contribution in [1.82, 2.24) is 19.3 Å². The first-order chi connectivity index (χ1) is 11.3. The predicted octanol–water partition coefficient (Wildman–Crippen LogP) is 1.64. The van der Waals surface area contributed by atoms with Gasteiger partial charge in [-0.2, -0.15) is 0 Å². The summed E-state index contributed by atoms with van der Waals surface area (Å²) < 4.78 is 3.53. The Balaban J connectivity index is 2.13. The van der Waals surface area contributed by atoms with Gasteiger partial charge >= 0.3 is 0 Å². The van der Waals surface area contributed by atoms with Crippen LogP contribution in [0.2, 0.25) is 0 Å². The Kier molecular flexibility index (Phi) is 4.18. The molecule has 0 atom stereocenters. The molecule has 0 unspecified atom stereocenters. The topological polar surface area (TPSA) is 116 Å². The van der Waals surface area contributed by atoms with Gasteiger partial charge in [0.05, 0.1) is 10.9 Å². The second kappa shape index (κ2) is 6.02. The van der Waals surface area contributed by atoms with Crippen molar-refractivity contribution in [3.63, 3.8) is 0 Å². The molecule has 3 rings (SSSR count). The average Bonchev–Trinajstić information content (AvgIpc) is 2.83. The molecule has 124 valence electrons. The minimum atomic E-state index is -0.546. The zero-order valence-electron chi connectivity index (χ0n) is 12.3. The van der Waals surface area contributed by atoms with Crippen LogP contribution in [0.25, 0.3) is 10.9 Å².